The Labute approximate surface area is 128 Å². The zero-order valence-electron chi connectivity index (χ0n) is 12.6. The smallest absolute Gasteiger partial charge is 0.338 e. The van der Waals surface area contributed by atoms with Crippen LogP contribution in [0, 0.1) is 0 Å². The lowest BCUT2D eigenvalue weighted by Crippen LogP contribution is -2.28. The summed E-state index contributed by atoms with van der Waals surface area (Å²) in [5, 5.41) is 0.742. The van der Waals surface area contributed by atoms with Crippen molar-refractivity contribution in [3.05, 3.63) is 36.0 Å². The van der Waals surface area contributed by atoms with Crippen LogP contribution in [0.25, 0.3) is 10.9 Å². The maximum absolute atomic E-state index is 13.8. The molecule has 0 radical (unpaired) electrons. The zero-order chi connectivity index (χ0) is 15.5. The monoisotopic (exact) mass is 302 g/mol. The van der Waals surface area contributed by atoms with Crippen molar-refractivity contribution in [2.45, 2.75) is 25.4 Å². The first-order valence-electron chi connectivity index (χ1n) is 7.55. The van der Waals surface area contributed by atoms with Gasteiger partial charge >= 0.3 is 5.97 Å². The molecule has 0 bridgehead atoms. The van der Waals surface area contributed by atoms with E-state index in [2.05, 4.69) is 4.98 Å². The van der Waals surface area contributed by atoms with E-state index in [1.165, 1.54) is 7.11 Å². The minimum atomic E-state index is -0.799. The first kappa shape index (κ1) is 14.8. The zero-order valence-corrected chi connectivity index (χ0v) is 12.6. The molecule has 22 heavy (non-hydrogen) atoms. The van der Waals surface area contributed by atoms with Gasteiger partial charge in [0.15, 0.2) is 0 Å². The largest absolute Gasteiger partial charge is 0.465 e. The molecule has 0 amide bonds. The number of carbonyl (C=O) groups is 1. The van der Waals surface area contributed by atoms with Gasteiger partial charge in [-0.25, -0.2) is 9.18 Å². The fourth-order valence-corrected chi connectivity index (χ4v) is 2.94. The van der Waals surface area contributed by atoms with Crippen LogP contribution in [0.4, 0.5) is 10.1 Å². The van der Waals surface area contributed by atoms with E-state index in [9.17, 15) is 9.18 Å². The summed E-state index contributed by atoms with van der Waals surface area (Å²) in [6, 6.07) is 7.37. The van der Waals surface area contributed by atoms with Gasteiger partial charge in [0.25, 0.3) is 0 Å². The van der Waals surface area contributed by atoms with E-state index in [4.69, 9.17) is 4.74 Å². The van der Waals surface area contributed by atoms with Crippen LogP contribution >= 0.6 is 0 Å². The highest BCUT2D eigenvalue weighted by Gasteiger charge is 2.19. The molecule has 1 aromatic heterocycles. The SMILES string of the molecule is COC(=O)c1ccnc2ccc(N3CCCC[C@H](F)C3)cc12. The number of nitrogens with zero attached hydrogens (tertiary/aromatic N) is 2. The van der Waals surface area contributed by atoms with Crippen LogP contribution in [-0.4, -0.2) is 37.3 Å². The Morgan fingerprint density at radius 2 is 2.23 bits per heavy atom. The van der Waals surface area contributed by atoms with Crippen LogP contribution in [0.15, 0.2) is 30.5 Å². The highest BCUT2D eigenvalue weighted by atomic mass is 19.1. The predicted octanol–water partition coefficient (Wildman–Crippen LogP) is 3.35. The Morgan fingerprint density at radius 1 is 1.36 bits per heavy atom. The molecule has 116 valence electrons. The molecule has 0 aliphatic carbocycles. The molecule has 1 saturated heterocycles. The van der Waals surface area contributed by atoms with Gasteiger partial charge in [-0.05, 0) is 43.5 Å². The Balaban J connectivity index is 2.02. The van der Waals surface area contributed by atoms with Crippen LogP contribution in [0.3, 0.4) is 0 Å². The number of alkyl halides is 1. The molecule has 0 unspecified atom stereocenters. The molecule has 0 N–H and O–H groups in total. The minimum Gasteiger partial charge on any atom is -0.465 e. The molecule has 1 atom stereocenters. The van der Waals surface area contributed by atoms with Gasteiger partial charge in [-0.1, -0.05) is 0 Å². The van der Waals surface area contributed by atoms with E-state index in [1.807, 2.05) is 23.1 Å². The van der Waals surface area contributed by atoms with E-state index >= 15 is 0 Å². The first-order valence-corrected chi connectivity index (χ1v) is 7.55. The maximum atomic E-state index is 13.8. The molecule has 1 fully saturated rings. The van der Waals surface area contributed by atoms with E-state index in [-0.39, 0.29) is 5.97 Å². The number of halogens is 1. The molecule has 4 nitrogen and oxygen atoms in total. The van der Waals surface area contributed by atoms with Gasteiger partial charge in [-0.3, -0.25) is 4.98 Å². The average molecular weight is 302 g/mol. The number of hydrogen-bond acceptors (Lipinski definition) is 4. The predicted molar refractivity (Wildman–Crippen MR) is 84.0 cm³/mol. The number of hydrogen-bond donors (Lipinski definition) is 0. The van der Waals surface area contributed by atoms with Crippen LogP contribution in [0.1, 0.15) is 29.6 Å². The molecule has 1 aliphatic heterocycles. The third-order valence-corrected chi connectivity index (χ3v) is 4.11. The second-order valence-corrected chi connectivity index (χ2v) is 5.59. The summed E-state index contributed by atoms with van der Waals surface area (Å²) < 4.78 is 18.7. The third-order valence-electron chi connectivity index (χ3n) is 4.11. The summed E-state index contributed by atoms with van der Waals surface area (Å²) in [6.07, 6.45) is 3.32. The summed E-state index contributed by atoms with van der Waals surface area (Å²) in [6.45, 7) is 1.24. The van der Waals surface area contributed by atoms with E-state index in [0.29, 0.717) is 18.5 Å². The Hall–Kier alpha value is -2.17. The molecule has 0 spiro atoms. The summed E-state index contributed by atoms with van der Waals surface area (Å²) in [7, 11) is 1.36. The van der Waals surface area contributed by atoms with E-state index in [0.717, 1.165) is 36.0 Å². The standard InChI is InChI=1S/C17H19FN2O2/c1-22-17(21)14-7-8-19-16-6-5-13(10-15(14)16)20-9-3-2-4-12(18)11-20/h5-8,10,12H,2-4,9,11H2,1H3/t12-/m0/s1. The topological polar surface area (TPSA) is 42.4 Å². The normalized spacial score (nSPS) is 19.0. The lowest BCUT2D eigenvalue weighted by Gasteiger charge is -2.24. The van der Waals surface area contributed by atoms with Crippen molar-refractivity contribution < 1.29 is 13.9 Å². The fraction of sp³-hybridized carbons (Fsp3) is 0.412. The number of fused-ring (bicyclic) bond motifs is 1. The molecular formula is C17H19FN2O2. The molecular weight excluding hydrogens is 283 g/mol. The Kier molecular flexibility index (Phi) is 4.22. The number of ether oxygens (including phenoxy) is 1. The summed E-state index contributed by atoms with van der Waals surface area (Å²) in [5.41, 5.74) is 2.15. The number of aromatic nitrogens is 1. The molecule has 3 rings (SSSR count). The van der Waals surface area contributed by atoms with Crippen molar-refractivity contribution in [1.82, 2.24) is 4.98 Å². The lowest BCUT2D eigenvalue weighted by molar-refractivity contribution is 0.0603. The number of carbonyl (C=O) groups excluding carboxylic acids is 1. The van der Waals surface area contributed by atoms with Crippen molar-refractivity contribution in [2.24, 2.45) is 0 Å². The van der Waals surface area contributed by atoms with Crippen LogP contribution in [0.2, 0.25) is 0 Å². The number of methoxy groups -OCH3 is 1. The summed E-state index contributed by atoms with van der Waals surface area (Å²) in [5.74, 6) is -0.385. The third kappa shape index (κ3) is 2.89. The fourth-order valence-electron chi connectivity index (χ4n) is 2.94. The number of anilines is 1. The number of pyridine rings is 1. The maximum Gasteiger partial charge on any atom is 0.338 e. The van der Waals surface area contributed by atoms with Gasteiger partial charge in [-0.15, -0.1) is 0 Å². The number of benzene rings is 1. The molecule has 5 heteroatoms. The average Bonchev–Trinajstić information content (AvgIpc) is 2.77. The van der Waals surface area contributed by atoms with Crippen LogP contribution in [0.5, 0.6) is 0 Å². The van der Waals surface area contributed by atoms with Crippen molar-refractivity contribution in [3.8, 4) is 0 Å². The summed E-state index contributed by atoms with van der Waals surface area (Å²) >= 11 is 0. The minimum absolute atomic E-state index is 0.385. The van der Waals surface area contributed by atoms with Gasteiger partial charge in [-0.2, -0.15) is 0 Å². The second-order valence-electron chi connectivity index (χ2n) is 5.59. The highest BCUT2D eigenvalue weighted by Crippen LogP contribution is 2.26. The Bertz CT molecular complexity index is 689. The van der Waals surface area contributed by atoms with Gasteiger partial charge in [0, 0.05) is 30.4 Å². The van der Waals surface area contributed by atoms with Gasteiger partial charge in [0.05, 0.1) is 18.2 Å². The van der Waals surface area contributed by atoms with Crippen molar-refractivity contribution in [3.63, 3.8) is 0 Å². The highest BCUT2D eigenvalue weighted by molar-refractivity contribution is 6.04. The first-order chi connectivity index (χ1) is 10.7. The number of rotatable bonds is 2. The molecule has 2 heterocycles. The van der Waals surface area contributed by atoms with Crippen LogP contribution in [-0.2, 0) is 4.74 Å². The quantitative estimate of drug-likeness (QED) is 0.798. The van der Waals surface area contributed by atoms with Crippen molar-refractivity contribution in [2.75, 3.05) is 25.1 Å². The molecule has 1 aromatic carbocycles. The summed E-state index contributed by atoms with van der Waals surface area (Å²) in [4.78, 5) is 18.2. The molecule has 1 aliphatic rings. The molecule has 0 saturated carbocycles. The molecule has 2 aromatic rings. The van der Waals surface area contributed by atoms with Crippen molar-refractivity contribution in [1.29, 1.82) is 0 Å². The van der Waals surface area contributed by atoms with Gasteiger partial charge in [0.1, 0.15) is 6.17 Å². The van der Waals surface area contributed by atoms with E-state index in [1.54, 1.807) is 12.3 Å². The lowest BCUT2D eigenvalue weighted by atomic mass is 10.1. The second kappa shape index (κ2) is 6.30. The Morgan fingerprint density at radius 3 is 3.05 bits per heavy atom. The number of esters is 1. The van der Waals surface area contributed by atoms with Gasteiger partial charge < -0.3 is 9.64 Å². The van der Waals surface area contributed by atoms with Gasteiger partial charge in [0.2, 0.25) is 0 Å². The van der Waals surface area contributed by atoms with Crippen molar-refractivity contribution >= 4 is 22.6 Å². The van der Waals surface area contributed by atoms with E-state index < -0.39 is 6.17 Å². The van der Waals surface area contributed by atoms with Crippen LogP contribution < -0.4 is 4.90 Å².